The van der Waals surface area contributed by atoms with Crippen molar-refractivity contribution in [2.45, 2.75) is 425 Å². The van der Waals surface area contributed by atoms with Gasteiger partial charge in [0.05, 0.1) is 11.8 Å². The van der Waals surface area contributed by atoms with Crippen LogP contribution in [0.3, 0.4) is 0 Å². The van der Waals surface area contributed by atoms with Crippen LogP contribution < -0.4 is 0 Å². The average Bonchev–Trinajstić information content (AvgIpc) is 3.41. The van der Waals surface area contributed by atoms with E-state index >= 15 is 0 Å². The monoisotopic (exact) mass is 1040 g/mol. The van der Waals surface area contributed by atoms with Gasteiger partial charge < -0.3 is 9.47 Å². The summed E-state index contributed by atoms with van der Waals surface area (Å²) in [7, 11) is 0. The third-order valence-corrected chi connectivity index (χ3v) is 17.9. The Labute approximate surface area is 465 Å². The van der Waals surface area contributed by atoms with Gasteiger partial charge in [-0.3, -0.25) is 9.59 Å². The summed E-state index contributed by atoms with van der Waals surface area (Å²) in [6.45, 7) is 13.8. The molecule has 4 nitrogen and oxygen atoms in total. The van der Waals surface area contributed by atoms with Crippen LogP contribution in [-0.2, 0) is 19.1 Å². The summed E-state index contributed by atoms with van der Waals surface area (Å²) in [6, 6.07) is 0. The normalized spacial score (nSPS) is 15.3. The summed E-state index contributed by atoms with van der Waals surface area (Å²) in [5.74, 6) is -0.355. The number of carbonyl (C=O) groups excluding carboxylic acids is 2. The van der Waals surface area contributed by atoms with Gasteiger partial charge in [-0.15, -0.1) is 0 Å². The Bertz CT molecular complexity index is 990. The molecule has 74 heavy (non-hydrogen) atoms. The smallest absolute Gasteiger partial charge is 0.309 e. The minimum atomic E-state index is -0.367. The van der Waals surface area contributed by atoms with Gasteiger partial charge in [0.25, 0.3) is 0 Å². The molecule has 0 N–H and O–H groups in total. The summed E-state index contributed by atoms with van der Waals surface area (Å²) in [4.78, 5) is 29.7. The van der Waals surface area contributed by atoms with Crippen molar-refractivity contribution in [2.24, 2.45) is 11.8 Å². The van der Waals surface area contributed by atoms with E-state index in [9.17, 15) is 9.59 Å². The fourth-order valence-corrected chi connectivity index (χ4v) is 12.8. The Morgan fingerprint density at radius 1 is 0.270 bits per heavy atom. The molecule has 2 unspecified atom stereocenters. The van der Waals surface area contributed by atoms with Gasteiger partial charge in [0, 0.05) is 0 Å². The van der Waals surface area contributed by atoms with E-state index in [2.05, 4.69) is 41.5 Å². The van der Waals surface area contributed by atoms with Gasteiger partial charge in [-0.1, -0.05) is 318 Å². The number of hydrogen-bond donors (Lipinski definition) is 0. The molecule has 0 aromatic rings. The molecule has 0 saturated heterocycles. The van der Waals surface area contributed by atoms with E-state index in [4.69, 9.17) is 9.47 Å². The highest BCUT2D eigenvalue weighted by atomic mass is 16.6. The van der Waals surface area contributed by atoms with Gasteiger partial charge in [-0.05, 0) is 96.3 Å². The molecule has 0 spiro atoms. The van der Waals surface area contributed by atoms with Gasteiger partial charge in [0.15, 0.2) is 0 Å². The average molecular weight is 1040 g/mol. The lowest BCUT2D eigenvalue weighted by atomic mass is 9.80. The van der Waals surface area contributed by atoms with Crippen LogP contribution in [0.5, 0.6) is 0 Å². The van der Waals surface area contributed by atoms with Crippen molar-refractivity contribution in [1.29, 1.82) is 0 Å². The van der Waals surface area contributed by atoms with E-state index in [1.54, 1.807) is 0 Å². The maximum atomic E-state index is 14.9. The van der Waals surface area contributed by atoms with Gasteiger partial charge >= 0.3 is 11.9 Å². The molecule has 1 rings (SSSR count). The molecule has 440 valence electrons. The summed E-state index contributed by atoms with van der Waals surface area (Å²) >= 11 is 0. The summed E-state index contributed by atoms with van der Waals surface area (Å²) in [5.41, 5.74) is -0.733. The second-order valence-corrected chi connectivity index (χ2v) is 25.1. The minimum Gasteiger partial charge on any atom is -0.459 e. The molecule has 0 bridgehead atoms. The zero-order chi connectivity index (χ0) is 53.7. The molecular formula is C70H136O4. The van der Waals surface area contributed by atoms with E-state index in [0.717, 1.165) is 96.3 Å². The molecule has 0 heterocycles. The summed E-state index contributed by atoms with van der Waals surface area (Å²) < 4.78 is 14.2. The van der Waals surface area contributed by atoms with Crippen molar-refractivity contribution in [3.63, 3.8) is 0 Å². The maximum Gasteiger partial charge on any atom is 0.309 e. The molecule has 2 atom stereocenters. The van der Waals surface area contributed by atoms with Gasteiger partial charge in [0.1, 0.15) is 11.2 Å². The van der Waals surface area contributed by atoms with Crippen LogP contribution >= 0.6 is 0 Å². The maximum absolute atomic E-state index is 14.9. The van der Waals surface area contributed by atoms with Crippen LogP contribution in [0.15, 0.2) is 0 Å². The summed E-state index contributed by atoms with van der Waals surface area (Å²) in [6.07, 6.45) is 71.8. The van der Waals surface area contributed by atoms with Gasteiger partial charge in [-0.25, -0.2) is 0 Å². The lowest BCUT2D eigenvalue weighted by molar-refractivity contribution is -0.175. The largest absolute Gasteiger partial charge is 0.459 e. The SMILES string of the molecule is CCCCCCCCCCC(CCCCCCCCCC)(CCCCCCCCCC)OC(=O)C1CCCC(C(=O)OC(CCCCCCCCCC)(CCCCCCCCCC)CCCCCCCCCC)C1. The number of carbonyl (C=O) groups is 2. The first-order valence-electron chi connectivity index (χ1n) is 34.8. The Balaban J connectivity index is 3.32. The number of hydrogen-bond acceptors (Lipinski definition) is 4. The Morgan fingerprint density at radius 3 is 0.608 bits per heavy atom. The number of esters is 2. The highest BCUT2D eigenvalue weighted by Gasteiger charge is 2.41. The minimum absolute atomic E-state index is 0.0178. The van der Waals surface area contributed by atoms with Crippen LogP contribution in [0.2, 0.25) is 0 Å². The highest BCUT2D eigenvalue weighted by molar-refractivity contribution is 5.77. The molecule has 0 amide bonds. The van der Waals surface area contributed by atoms with E-state index < -0.39 is 0 Å². The standard InChI is InChI=1S/C70H136O4/c1-7-13-19-25-31-37-43-49-58-69(59-50-44-38-32-26-20-14-8-2,60-51-45-39-33-27-21-15-9-3)73-67(71)65-56-55-57-66(64-65)68(72)74-70(61-52-46-40-34-28-22-16-10-4,62-53-47-41-35-29-23-17-11-5)63-54-48-42-36-30-24-18-12-6/h65-66H,7-64H2,1-6H3. The quantitative estimate of drug-likeness (QED) is 0.0450. The van der Waals surface area contributed by atoms with Crippen molar-refractivity contribution in [3.8, 4) is 0 Å². The molecule has 0 radical (unpaired) electrons. The highest BCUT2D eigenvalue weighted by Crippen LogP contribution is 2.40. The lowest BCUT2D eigenvalue weighted by Gasteiger charge is -2.38. The first kappa shape index (κ1) is 71.0. The molecule has 1 aliphatic rings. The Kier molecular flexibility index (Phi) is 50.5. The van der Waals surface area contributed by atoms with E-state index in [1.165, 1.54) is 270 Å². The number of rotatable bonds is 58. The van der Waals surface area contributed by atoms with Crippen LogP contribution in [0.4, 0.5) is 0 Å². The van der Waals surface area contributed by atoms with Crippen molar-refractivity contribution in [1.82, 2.24) is 0 Å². The van der Waals surface area contributed by atoms with Crippen molar-refractivity contribution >= 4 is 11.9 Å². The van der Waals surface area contributed by atoms with Crippen LogP contribution in [-0.4, -0.2) is 23.1 Å². The molecule has 0 aromatic heterocycles. The zero-order valence-corrected chi connectivity index (χ0v) is 51.8. The van der Waals surface area contributed by atoms with E-state index in [-0.39, 0.29) is 35.0 Å². The van der Waals surface area contributed by atoms with Crippen molar-refractivity contribution < 1.29 is 19.1 Å². The number of unbranched alkanes of at least 4 members (excludes halogenated alkanes) is 42. The predicted molar refractivity (Wildman–Crippen MR) is 326 cm³/mol. The first-order chi connectivity index (χ1) is 36.3. The Morgan fingerprint density at radius 2 is 0.432 bits per heavy atom. The summed E-state index contributed by atoms with van der Waals surface area (Å²) in [5, 5.41) is 0. The van der Waals surface area contributed by atoms with Crippen LogP contribution in [0.1, 0.15) is 414 Å². The third-order valence-electron chi connectivity index (χ3n) is 17.9. The topological polar surface area (TPSA) is 52.6 Å². The van der Waals surface area contributed by atoms with E-state index in [1.807, 2.05) is 0 Å². The molecule has 1 aliphatic carbocycles. The van der Waals surface area contributed by atoms with Gasteiger partial charge in [0.2, 0.25) is 0 Å². The molecule has 4 heteroatoms. The second kappa shape index (κ2) is 52.6. The molecule has 0 aliphatic heterocycles. The Hall–Kier alpha value is -1.06. The number of ether oxygens (including phenoxy) is 2. The zero-order valence-electron chi connectivity index (χ0n) is 51.8. The lowest BCUT2D eigenvalue weighted by Crippen LogP contribution is -2.41. The molecule has 1 saturated carbocycles. The second-order valence-electron chi connectivity index (χ2n) is 25.1. The third kappa shape index (κ3) is 40.2. The predicted octanol–water partition coefficient (Wildman–Crippen LogP) is 24.5. The van der Waals surface area contributed by atoms with Crippen molar-refractivity contribution in [2.75, 3.05) is 0 Å². The van der Waals surface area contributed by atoms with Gasteiger partial charge in [-0.2, -0.15) is 0 Å². The molecule has 1 fully saturated rings. The van der Waals surface area contributed by atoms with Crippen molar-refractivity contribution in [3.05, 3.63) is 0 Å². The van der Waals surface area contributed by atoms with Crippen LogP contribution in [0.25, 0.3) is 0 Å². The van der Waals surface area contributed by atoms with E-state index in [0.29, 0.717) is 6.42 Å². The fraction of sp³-hybridized carbons (Fsp3) is 0.971. The first-order valence-corrected chi connectivity index (χ1v) is 34.8. The van der Waals surface area contributed by atoms with Crippen LogP contribution in [0, 0.1) is 11.8 Å². The molecular weight excluding hydrogens is 905 g/mol. The molecule has 0 aromatic carbocycles. The fourth-order valence-electron chi connectivity index (χ4n) is 12.8.